The molecule has 0 saturated carbocycles. The molecule has 0 bridgehead atoms. The van der Waals surface area contributed by atoms with E-state index in [0.717, 1.165) is 0 Å². The van der Waals surface area contributed by atoms with Crippen molar-refractivity contribution >= 4 is 28.6 Å². The number of rotatable bonds is 1. The monoisotopic (exact) mass is 239 g/mol. The maximum Gasteiger partial charge on any atom is 0.356 e. The molecule has 2 N–H and O–H groups in total. The number of nitrogens with zero attached hydrogens (tertiary/aromatic N) is 2. The van der Waals surface area contributed by atoms with Gasteiger partial charge in [0, 0.05) is 0 Å². The van der Waals surface area contributed by atoms with E-state index >= 15 is 0 Å². The van der Waals surface area contributed by atoms with Crippen LogP contribution in [0.15, 0.2) is 0 Å². The first-order chi connectivity index (χ1) is 4.22. The van der Waals surface area contributed by atoms with Crippen LogP contribution < -0.4 is 0 Å². The average Bonchev–Trinajstić information content (AvgIpc) is 2.13. The third kappa shape index (κ3) is 1.18. The van der Waals surface area contributed by atoms with E-state index in [9.17, 15) is 4.79 Å². The molecule has 0 amide bonds. The lowest BCUT2D eigenvalue weighted by Gasteiger charge is -1.82. The molecule has 0 fully saturated rings. The van der Waals surface area contributed by atoms with Crippen molar-refractivity contribution < 1.29 is 9.90 Å². The number of H-pyrrole nitrogens is 1. The standard InChI is InChI=1S/C3H2IN3O2/c4-2-1(3(8)9)5-7-6-2/h(H,8,9)(H,5,6,7). The Morgan fingerprint density at radius 2 is 2.44 bits per heavy atom. The molecule has 5 nitrogen and oxygen atoms in total. The van der Waals surface area contributed by atoms with Crippen LogP contribution in [-0.4, -0.2) is 26.5 Å². The highest BCUT2D eigenvalue weighted by Gasteiger charge is 2.09. The molecule has 6 heteroatoms. The number of aromatic amines is 1. The fourth-order valence-electron chi connectivity index (χ4n) is 0.351. The summed E-state index contributed by atoms with van der Waals surface area (Å²) >= 11 is 1.79. The van der Waals surface area contributed by atoms with Gasteiger partial charge in [-0.15, -0.1) is 5.10 Å². The quantitative estimate of drug-likeness (QED) is 0.681. The fourth-order valence-corrected chi connectivity index (χ4v) is 0.810. The van der Waals surface area contributed by atoms with Crippen LogP contribution in [-0.2, 0) is 0 Å². The van der Waals surface area contributed by atoms with Gasteiger partial charge in [-0.25, -0.2) is 4.79 Å². The van der Waals surface area contributed by atoms with Crippen LogP contribution >= 0.6 is 22.6 Å². The molecule has 1 heterocycles. The topological polar surface area (TPSA) is 78.9 Å². The van der Waals surface area contributed by atoms with Crippen LogP contribution in [0.2, 0.25) is 0 Å². The van der Waals surface area contributed by atoms with Crippen molar-refractivity contribution in [3.63, 3.8) is 0 Å². The van der Waals surface area contributed by atoms with E-state index in [-0.39, 0.29) is 5.69 Å². The van der Waals surface area contributed by atoms with E-state index in [0.29, 0.717) is 3.70 Å². The normalized spacial score (nSPS) is 9.44. The fraction of sp³-hybridized carbons (Fsp3) is 0. The first kappa shape index (κ1) is 6.46. The van der Waals surface area contributed by atoms with Crippen LogP contribution in [0.5, 0.6) is 0 Å². The van der Waals surface area contributed by atoms with Gasteiger partial charge in [0.25, 0.3) is 0 Å². The van der Waals surface area contributed by atoms with Gasteiger partial charge in [0.15, 0.2) is 9.39 Å². The number of halogens is 1. The summed E-state index contributed by atoms with van der Waals surface area (Å²) in [7, 11) is 0. The first-order valence-electron chi connectivity index (χ1n) is 2.01. The molecular weight excluding hydrogens is 237 g/mol. The zero-order chi connectivity index (χ0) is 6.85. The van der Waals surface area contributed by atoms with Crippen LogP contribution in [0.3, 0.4) is 0 Å². The van der Waals surface area contributed by atoms with Gasteiger partial charge < -0.3 is 5.11 Å². The van der Waals surface area contributed by atoms with E-state index in [4.69, 9.17) is 5.11 Å². The predicted octanol–water partition coefficient (Wildman–Crippen LogP) is 0.107. The van der Waals surface area contributed by atoms with Gasteiger partial charge in [0.1, 0.15) is 0 Å². The van der Waals surface area contributed by atoms with E-state index < -0.39 is 5.97 Å². The highest BCUT2D eigenvalue weighted by molar-refractivity contribution is 14.1. The predicted molar refractivity (Wildman–Crippen MR) is 36.1 cm³/mol. The number of hydrogen-bond donors (Lipinski definition) is 2. The van der Waals surface area contributed by atoms with Crippen molar-refractivity contribution in [3.8, 4) is 0 Å². The van der Waals surface area contributed by atoms with Gasteiger partial charge in [-0.3, -0.25) is 5.10 Å². The maximum absolute atomic E-state index is 10.2. The maximum atomic E-state index is 10.2. The first-order valence-corrected chi connectivity index (χ1v) is 3.09. The summed E-state index contributed by atoms with van der Waals surface area (Å²) in [5, 5.41) is 17.3. The third-order valence-electron chi connectivity index (χ3n) is 0.720. The van der Waals surface area contributed by atoms with Crippen LogP contribution in [0.25, 0.3) is 0 Å². The van der Waals surface area contributed by atoms with Gasteiger partial charge in [0.05, 0.1) is 0 Å². The molecule has 0 aliphatic rings. The van der Waals surface area contributed by atoms with Gasteiger partial charge in [-0.1, -0.05) is 5.21 Å². The summed E-state index contributed by atoms with van der Waals surface area (Å²) in [4.78, 5) is 10.2. The van der Waals surface area contributed by atoms with Crippen LogP contribution in [0.4, 0.5) is 0 Å². The van der Waals surface area contributed by atoms with Crippen LogP contribution in [0, 0.1) is 3.70 Å². The van der Waals surface area contributed by atoms with Crippen molar-refractivity contribution in [1.29, 1.82) is 0 Å². The lowest BCUT2D eigenvalue weighted by Crippen LogP contribution is -1.98. The number of carbonyl (C=O) groups is 1. The Balaban J connectivity index is 3.08. The molecule has 48 valence electrons. The minimum absolute atomic E-state index is 0.0376. The van der Waals surface area contributed by atoms with Crippen molar-refractivity contribution in [3.05, 3.63) is 9.39 Å². The van der Waals surface area contributed by atoms with E-state index in [1.165, 1.54) is 0 Å². The molecule has 1 aromatic rings. The third-order valence-corrected chi connectivity index (χ3v) is 1.47. The summed E-state index contributed by atoms with van der Waals surface area (Å²) in [5.41, 5.74) is 0.0376. The Hall–Kier alpha value is -0.660. The summed E-state index contributed by atoms with van der Waals surface area (Å²) < 4.78 is 0.375. The second-order valence-electron chi connectivity index (χ2n) is 1.28. The Morgan fingerprint density at radius 3 is 2.67 bits per heavy atom. The summed E-state index contributed by atoms with van der Waals surface area (Å²) in [5.74, 6) is -1.04. The minimum Gasteiger partial charge on any atom is -0.476 e. The molecule has 1 aromatic heterocycles. The Bertz CT molecular complexity index is 233. The summed E-state index contributed by atoms with van der Waals surface area (Å²) in [6.07, 6.45) is 0. The summed E-state index contributed by atoms with van der Waals surface area (Å²) in [6.45, 7) is 0. The van der Waals surface area contributed by atoms with E-state index in [2.05, 4.69) is 15.4 Å². The number of hydrogen-bond acceptors (Lipinski definition) is 3. The number of carboxylic acid groups (broad SMARTS) is 1. The number of aromatic carboxylic acids is 1. The van der Waals surface area contributed by atoms with Gasteiger partial charge >= 0.3 is 5.97 Å². The highest BCUT2D eigenvalue weighted by Crippen LogP contribution is 2.02. The average molecular weight is 239 g/mol. The Labute approximate surface area is 63.6 Å². The van der Waals surface area contributed by atoms with Crippen molar-refractivity contribution in [1.82, 2.24) is 15.4 Å². The Kier molecular flexibility index (Phi) is 1.65. The molecule has 0 unspecified atom stereocenters. The van der Waals surface area contributed by atoms with Gasteiger partial charge in [0.2, 0.25) is 0 Å². The molecule has 1 rings (SSSR count). The van der Waals surface area contributed by atoms with Gasteiger partial charge in [-0.2, -0.15) is 0 Å². The molecule has 9 heavy (non-hydrogen) atoms. The molecule has 0 spiro atoms. The summed E-state index contributed by atoms with van der Waals surface area (Å²) in [6, 6.07) is 0. The molecule has 0 saturated heterocycles. The van der Waals surface area contributed by atoms with Crippen molar-refractivity contribution in [2.24, 2.45) is 0 Å². The number of aromatic nitrogens is 3. The number of nitrogens with one attached hydrogen (secondary N) is 1. The zero-order valence-corrected chi connectivity index (χ0v) is 6.29. The van der Waals surface area contributed by atoms with Gasteiger partial charge in [-0.05, 0) is 22.6 Å². The van der Waals surface area contributed by atoms with E-state index in [1.807, 2.05) is 0 Å². The second-order valence-corrected chi connectivity index (χ2v) is 2.30. The Morgan fingerprint density at radius 1 is 1.78 bits per heavy atom. The molecule has 0 radical (unpaired) electrons. The highest BCUT2D eigenvalue weighted by atomic mass is 127. The van der Waals surface area contributed by atoms with Crippen LogP contribution in [0.1, 0.15) is 10.5 Å². The van der Waals surface area contributed by atoms with E-state index in [1.54, 1.807) is 22.6 Å². The second kappa shape index (κ2) is 2.29. The lowest BCUT2D eigenvalue weighted by molar-refractivity contribution is 0.0689. The smallest absolute Gasteiger partial charge is 0.356 e. The van der Waals surface area contributed by atoms with Crippen molar-refractivity contribution in [2.75, 3.05) is 0 Å². The molecule has 0 aromatic carbocycles. The molecule has 0 aliphatic heterocycles. The SMILES string of the molecule is O=C(O)c1[nH]nnc1I. The van der Waals surface area contributed by atoms with Crippen molar-refractivity contribution in [2.45, 2.75) is 0 Å². The zero-order valence-electron chi connectivity index (χ0n) is 4.13. The lowest BCUT2D eigenvalue weighted by atomic mass is 10.5. The molecule has 0 aliphatic carbocycles. The largest absolute Gasteiger partial charge is 0.476 e. The molecular formula is C3H2IN3O2. The number of carboxylic acids is 1. The molecule has 0 atom stereocenters. The minimum atomic E-state index is -1.04.